The van der Waals surface area contributed by atoms with Gasteiger partial charge in [0, 0.05) is 19.1 Å². The number of halogens is 1. The molecule has 2 fully saturated rings. The van der Waals surface area contributed by atoms with Gasteiger partial charge >= 0.3 is 0 Å². The molecule has 2 aliphatic heterocycles. The molecule has 3 unspecified atom stereocenters. The molecule has 0 radical (unpaired) electrons. The molecule has 0 aliphatic carbocycles. The highest BCUT2D eigenvalue weighted by molar-refractivity contribution is 4.97. The monoisotopic (exact) mass is 144 g/mol. The first-order chi connectivity index (χ1) is 4.75. The third kappa shape index (κ3) is 0.935. The number of piperazine rings is 1. The van der Waals surface area contributed by atoms with Gasteiger partial charge < -0.3 is 10.2 Å². The summed E-state index contributed by atoms with van der Waals surface area (Å²) in [6.07, 6.45) is 0.115. The fourth-order valence-corrected chi connectivity index (χ4v) is 1.99. The molecule has 58 valence electrons. The molecule has 0 amide bonds. The minimum atomic E-state index is -0.602. The second-order valence-corrected chi connectivity index (χ2v) is 3.44. The molecule has 3 heteroatoms. The van der Waals surface area contributed by atoms with Gasteiger partial charge in [-0.1, -0.05) is 0 Å². The molecule has 2 rings (SSSR count). The van der Waals surface area contributed by atoms with Crippen LogP contribution in [0.15, 0.2) is 0 Å². The highest BCUT2D eigenvalue weighted by Crippen LogP contribution is 2.21. The van der Waals surface area contributed by atoms with Crippen molar-refractivity contribution >= 4 is 0 Å². The van der Waals surface area contributed by atoms with E-state index in [0.29, 0.717) is 6.04 Å². The molecule has 2 heterocycles. The summed E-state index contributed by atoms with van der Waals surface area (Å²) >= 11 is 0. The quantitative estimate of drug-likeness (QED) is 0.515. The number of fused-ring (bicyclic) bond motifs is 2. The molecule has 0 aromatic heterocycles. The number of nitrogens with one attached hydrogen (secondary N) is 1. The van der Waals surface area contributed by atoms with Gasteiger partial charge in [0.15, 0.2) is 0 Å². The second-order valence-electron chi connectivity index (χ2n) is 3.44. The highest BCUT2D eigenvalue weighted by Gasteiger charge is 2.38. The Morgan fingerprint density at radius 3 is 3.00 bits per heavy atom. The van der Waals surface area contributed by atoms with E-state index in [9.17, 15) is 4.39 Å². The second kappa shape index (κ2) is 2.17. The van der Waals surface area contributed by atoms with Crippen molar-refractivity contribution in [3.05, 3.63) is 0 Å². The summed E-state index contributed by atoms with van der Waals surface area (Å²) in [5, 5.41) is 3.25. The first-order valence-corrected chi connectivity index (χ1v) is 3.84. The van der Waals surface area contributed by atoms with Crippen LogP contribution in [0.25, 0.3) is 0 Å². The van der Waals surface area contributed by atoms with Crippen LogP contribution in [0, 0.1) is 0 Å². The minimum absolute atomic E-state index is 0.115. The summed E-state index contributed by atoms with van der Waals surface area (Å²) in [4.78, 5) is 2.20. The molecule has 0 aromatic carbocycles. The van der Waals surface area contributed by atoms with E-state index in [0.717, 1.165) is 19.5 Å². The van der Waals surface area contributed by atoms with Crippen molar-refractivity contribution in [1.82, 2.24) is 10.2 Å². The van der Waals surface area contributed by atoms with E-state index in [-0.39, 0.29) is 6.04 Å². The standard InChI is InChI=1S/C7H13FN2/c1-10-3-5-2-6(8)7(4-10)9-5/h5-7,9H,2-4H2,1H3. The molecule has 2 aliphatic rings. The normalized spacial score (nSPS) is 48.0. The Kier molecular flexibility index (Phi) is 1.42. The Labute approximate surface area is 60.4 Å². The number of hydrogen-bond acceptors (Lipinski definition) is 2. The van der Waals surface area contributed by atoms with Crippen molar-refractivity contribution in [2.75, 3.05) is 20.1 Å². The molecule has 0 aromatic rings. The maximum atomic E-state index is 13.0. The molecule has 3 atom stereocenters. The topological polar surface area (TPSA) is 15.3 Å². The molecule has 1 N–H and O–H groups in total. The van der Waals surface area contributed by atoms with Crippen molar-refractivity contribution in [1.29, 1.82) is 0 Å². The lowest BCUT2D eigenvalue weighted by atomic mass is 10.2. The van der Waals surface area contributed by atoms with Crippen molar-refractivity contribution < 1.29 is 4.39 Å². The van der Waals surface area contributed by atoms with E-state index in [1.54, 1.807) is 0 Å². The van der Waals surface area contributed by atoms with Gasteiger partial charge in [-0.2, -0.15) is 0 Å². The highest BCUT2D eigenvalue weighted by atomic mass is 19.1. The summed E-state index contributed by atoms with van der Waals surface area (Å²) in [6.45, 7) is 1.88. The fraction of sp³-hybridized carbons (Fsp3) is 1.00. The lowest BCUT2D eigenvalue weighted by molar-refractivity contribution is 0.210. The van der Waals surface area contributed by atoms with Gasteiger partial charge in [0.05, 0.1) is 6.04 Å². The molecule has 10 heavy (non-hydrogen) atoms. The Bertz CT molecular complexity index is 135. The predicted octanol–water partition coefficient (Wildman–Crippen LogP) is 0.000400. The van der Waals surface area contributed by atoms with Crippen molar-refractivity contribution in [3.8, 4) is 0 Å². The molecular formula is C7H13FN2. The molecular weight excluding hydrogens is 131 g/mol. The number of likely N-dealkylation sites (tertiary alicyclic amines) is 1. The van der Waals surface area contributed by atoms with Crippen molar-refractivity contribution in [3.63, 3.8) is 0 Å². The number of hydrogen-bond donors (Lipinski definition) is 1. The first kappa shape index (κ1) is 6.55. The lowest BCUT2D eigenvalue weighted by Gasteiger charge is -2.29. The zero-order valence-corrected chi connectivity index (χ0v) is 6.18. The fourth-order valence-electron chi connectivity index (χ4n) is 1.99. The third-order valence-electron chi connectivity index (χ3n) is 2.44. The van der Waals surface area contributed by atoms with E-state index in [1.807, 2.05) is 0 Å². The Morgan fingerprint density at radius 1 is 1.50 bits per heavy atom. The summed E-state index contributed by atoms with van der Waals surface area (Å²) < 4.78 is 13.0. The number of likely N-dealkylation sites (N-methyl/N-ethyl adjacent to an activating group) is 1. The number of alkyl halides is 1. The maximum absolute atomic E-state index is 13.0. The Morgan fingerprint density at radius 2 is 2.30 bits per heavy atom. The number of nitrogens with zero attached hydrogens (tertiary/aromatic N) is 1. The summed E-state index contributed by atoms with van der Waals surface area (Å²) in [7, 11) is 2.05. The zero-order valence-electron chi connectivity index (χ0n) is 6.18. The first-order valence-electron chi connectivity index (χ1n) is 3.84. The molecule has 2 nitrogen and oxygen atoms in total. The van der Waals surface area contributed by atoms with Crippen LogP contribution in [0.3, 0.4) is 0 Å². The van der Waals surface area contributed by atoms with Gasteiger partial charge in [-0.15, -0.1) is 0 Å². The third-order valence-corrected chi connectivity index (χ3v) is 2.44. The minimum Gasteiger partial charge on any atom is -0.306 e. The smallest absolute Gasteiger partial charge is 0.118 e. The van der Waals surface area contributed by atoms with Gasteiger partial charge in [0.2, 0.25) is 0 Å². The lowest BCUT2D eigenvalue weighted by Crippen LogP contribution is -2.50. The molecule has 2 bridgehead atoms. The van der Waals surface area contributed by atoms with Gasteiger partial charge in [0.25, 0.3) is 0 Å². The maximum Gasteiger partial charge on any atom is 0.118 e. The zero-order chi connectivity index (χ0) is 7.14. The van der Waals surface area contributed by atoms with Crippen LogP contribution in [0.2, 0.25) is 0 Å². The largest absolute Gasteiger partial charge is 0.306 e. The van der Waals surface area contributed by atoms with Crippen LogP contribution >= 0.6 is 0 Å². The van der Waals surface area contributed by atoms with Crippen LogP contribution in [0.5, 0.6) is 0 Å². The van der Waals surface area contributed by atoms with E-state index in [4.69, 9.17) is 0 Å². The van der Waals surface area contributed by atoms with Gasteiger partial charge in [0.1, 0.15) is 6.17 Å². The van der Waals surface area contributed by atoms with Crippen LogP contribution in [0.1, 0.15) is 6.42 Å². The average Bonchev–Trinajstić information content (AvgIpc) is 2.07. The van der Waals surface area contributed by atoms with E-state index >= 15 is 0 Å². The van der Waals surface area contributed by atoms with Gasteiger partial charge in [-0.05, 0) is 13.5 Å². The van der Waals surface area contributed by atoms with Gasteiger partial charge in [-0.3, -0.25) is 0 Å². The summed E-state index contributed by atoms with van der Waals surface area (Å²) in [5.74, 6) is 0. The van der Waals surface area contributed by atoms with Crippen LogP contribution in [0.4, 0.5) is 4.39 Å². The average molecular weight is 144 g/mol. The van der Waals surface area contributed by atoms with Crippen LogP contribution in [-0.4, -0.2) is 43.3 Å². The molecule has 0 spiro atoms. The molecule has 2 saturated heterocycles. The van der Waals surface area contributed by atoms with E-state index in [2.05, 4.69) is 17.3 Å². The van der Waals surface area contributed by atoms with Crippen LogP contribution in [-0.2, 0) is 0 Å². The van der Waals surface area contributed by atoms with Crippen LogP contribution < -0.4 is 5.32 Å². The summed E-state index contributed by atoms with van der Waals surface area (Å²) in [6, 6.07) is 0.530. The SMILES string of the molecule is CN1CC2CC(F)C(C1)N2. The van der Waals surface area contributed by atoms with E-state index < -0.39 is 6.17 Å². The Hall–Kier alpha value is -0.150. The van der Waals surface area contributed by atoms with E-state index in [1.165, 1.54) is 0 Å². The van der Waals surface area contributed by atoms with Gasteiger partial charge in [-0.25, -0.2) is 4.39 Å². The van der Waals surface area contributed by atoms with Crippen molar-refractivity contribution in [2.24, 2.45) is 0 Å². The molecule has 0 saturated carbocycles. The van der Waals surface area contributed by atoms with Crippen molar-refractivity contribution in [2.45, 2.75) is 24.7 Å². The number of rotatable bonds is 0. The predicted molar refractivity (Wildman–Crippen MR) is 37.7 cm³/mol. The summed E-state index contributed by atoms with van der Waals surface area (Å²) in [5.41, 5.74) is 0. The Balaban J connectivity index is 2.06.